The van der Waals surface area contributed by atoms with Gasteiger partial charge in [-0.25, -0.2) is 4.99 Å². The molecule has 0 bridgehead atoms. The lowest BCUT2D eigenvalue weighted by Crippen LogP contribution is -2.31. The van der Waals surface area contributed by atoms with E-state index >= 15 is 0 Å². The summed E-state index contributed by atoms with van der Waals surface area (Å²) in [5.41, 5.74) is 1.000. The van der Waals surface area contributed by atoms with Gasteiger partial charge in [0.1, 0.15) is 23.0 Å². The van der Waals surface area contributed by atoms with E-state index in [1.54, 1.807) is 36.4 Å². The van der Waals surface area contributed by atoms with Gasteiger partial charge in [0.2, 0.25) is 5.91 Å². The van der Waals surface area contributed by atoms with Gasteiger partial charge in [-0.3, -0.25) is 14.5 Å². The average Bonchev–Trinajstić information content (AvgIpc) is 3.47. The molecule has 0 aliphatic carbocycles. The van der Waals surface area contributed by atoms with E-state index in [2.05, 4.69) is 15.0 Å². The van der Waals surface area contributed by atoms with Crippen molar-refractivity contribution in [1.29, 1.82) is 0 Å². The highest BCUT2D eigenvalue weighted by atomic mass is 32.2. The van der Waals surface area contributed by atoms with Crippen LogP contribution in [0.25, 0.3) is 6.08 Å². The van der Waals surface area contributed by atoms with Crippen molar-refractivity contribution >= 4 is 46.2 Å². The Bertz CT molecular complexity index is 1280. The van der Waals surface area contributed by atoms with Gasteiger partial charge in [0.25, 0.3) is 5.91 Å². The Morgan fingerprint density at radius 3 is 2.64 bits per heavy atom. The first kappa shape index (κ1) is 25.0. The van der Waals surface area contributed by atoms with Gasteiger partial charge in [-0.05, 0) is 55.5 Å². The maximum absolute atomic E-state index is 13.2. The molecule has 1 aromatic heterocycles. The molecular weight excluding hydrogens is 492 g/mol. The Labute approximate surface area is 209 Å². The van der Waals surface area contributed by atoms with Crippen molar-refractivity contribution < 1.29 is 32.3 Å². The van der Waals surface area contributed by atoms with E-state index in [1.165, 1.54) is 41.5 Å². The zero-order valence-corrected chi connectivity index (χ0v) is 19.8. The third kappa shape index (κ3) is 6.11. The molecule has 11 heteroatoms. The molecule has 2 amide bonds. The van der Waals surface area contributed by atoms with Crippen molar-refractivity contribution in [3.8, 4) is 11.5 Å². The molecule has 2 heterocycles. The number of benzene rings is 2. The molecule has 2 aromatic carbocycles. The van der Waals surface area contributed by atoms with Crippen molar-refractivity contribution in [2.24, 2.45) is 4.99 Å². The van der Waals surface area contributed by atoms with Crippen LogP contribution in [0, 0.1) is 0 Å². The van der Waals surface area contributed by atoms with Crippen molar-refractivity contribution in [2.45, 2.75) is 13.5 Å². The number of para-hydroxylation sites is 2. The second kappa shape index (κ2) is 11.5. The number of aliphatic imine (C=N–C) groups is 1. The summed E-state index contributed by atoms with van der Waals surface area (Å²) in [6, 6.07) is 16.0. The summed E-state index contributed by atoms with van der Waals surface area (Å²) in [5, 5.41) is 3.04. The number of anilines is 2. The molecule has 0 fully saturated rings. The predicted octanol–water partition coefficient (Wildman–Crippen LogP) is 5.40. The van der Waals surface area contributed by atoms with Crippen LogP contribution in [0.4, 0.5) is 20.2 Å². The minimum Gasteiger partial charge on any atom is -0.492 e. The van der Waals surface area contributed by atoms with Crippen LogP contribution < -0.4 is 19.7 Å². The molecule has 3 aromatic rings. The number of amides is 2. The number of ether oxygens (including phenoxy) is 2. The largest absolute Gasteiger partial charge is 0.492 e. The summed E-state index contributed by atoms with van der Waals surface area (Å²) in [6.07, 6.45) is 2.95. The molecule has 1 aliphatic heterocycles. The number of rotatable bonds is 9. The number of nitrogens with one attached hydrogen (secondary N) is 1. The first-order chi connectivity index (χ1) is 17.4. The van der Waals surface area contributed by atoms with Gasteiger partial charge >= 0.3 is 6.61 Å². The Hall–Kier alpha value is -4.12. The van der Waals surface area contributed by atoms with Gasteiger partial charge in [0.05, 0.1) is 30.0 Å². The summed E-state index contributed by atoms with van der Waals surface area (Å²) in [5.74, 6) is 0.0847. The maximum Gasteiger partial charge on any atom is 0.387 e. The predicted molar refractivity (Wildman–Crippen MR) is 133 cm³/mol. The fourth-order valence-corrected chi connectivity index (χ4v) is 4.09. The molecule has 1 aliphatic rings. The summed E-state index contributed by atoms with van der Waals surface area (Å²) >= 11 is 1.05. The third-order valence-corrected chi connectivity index (χ3v) is 5.70. The quantitative estimate of drug-likeness (QED) is 0.386. The SMILES string of the molecule is CCOc1ccccc1NC(=O)CSC1=NC(=Cc2ccco2)C(=O)N1c1ccc(OC(F)F)cc1. The monoisotopic (exact) mass is 513 g/mol. The number of thioether (sulfide) groups is 1. The Morgan fingerprint density at radius 2 is 1.94 bits per heavy atom. The number of hydrogen-bond donors (Lipinski definition) is 1. The molecule has 0 radical (unpaired) electrons. The first-order valence-electron chi connectivity index (χ1n) is 10.8. The van der Waals surface area contributed by atoms with Crippen LogP contribution in [-0.2, 0) is 9.59 Å². The Balaban J connectivity index is 1.53. The molecular formula is C25H21F2N3O5S. The van der Waals surface area contributed by atoms with E-state index in [0.717, 1.165) is 11.8 Å². The number of carbonyl (C=O) groups is 2. The summed E-state index contributed by atoms with van der Waals surface area (Å²) in [6.45, 7) is -0.675. The first-order valence-corrected chi connectivity index (χ1v) is 11.8. The smallest absolute Gasteiger partial charge is 0.387 e. The van der Waals surface area contributed by atoms with E-state index < -0.39 is 12.5 Å². The lowest BCUT2D eigenvalue weighted by atomic mass is 10.2. The number of furan rings is 1. The number of amidine groups is 1. The maximum atomic E-state index is 13.2. The lowest BCUT2D eigenvalue weighted by molar-refractivity contribution is -0.114. The normalized spacial score (nSPS) is 14.3. The van der Waals surface area contributed by atoms with Gasteiger partial charge in [-0.15, -0.1) is 0 Å². The second-order valence-electron chi connectivity index (χ2n) is 7.22. The van der Waals surface area contributed by atoms with Gasteiger partial charge in [-0.2, -0.15) is 8.78 Å². The number of hydrogen-bond acceptors (Lipinski definition) is 7. The number of alkyl halides is 2. The molecule has 36 heavy (non-hydrogen) atoms. The zero-order valence-electron chi connectivity index (χ0n) is 19.0. The van der Waals surface area contributed by atoms with E-state index in [4.69, 9.17) is 9.15 Å². The zero-order chi connectivity index (χ0) is 25.5. The van der Waals surface area contributed by atoms with E-state index in [9.17, 15) is 18.4 Å². The summed E-state index contributed by atoms with van der Waals surface area (Å²) in [4.78, 5) is 31.5. The number of carbonyl (C=O) groups excluding carboxylic acids is 2. The topological polar surface area (TPSA) is 93.4 Å². The summed E-state index contributed by atoms with van der Waals surface area (Å²) in [7, 11) is 0. The number of nitrogens with zero attached hydrogens (tertiary/aromatic N) is 2. The van der Waals surface area contributed by atoms with Gasteiger partial charge in [0, 0.05) is 6.08 Å². The lowest BCUT2D eigenvalue weighted by Gasteiger charge is -2.18. The molecule has 0 saturated heterocycles. The minimum absolute atomic E-state index is 0.0507. The third-order valence-electron chi connectivity index (χ3n) is 4.77. The van der Waals surface area contributed by atoms with Gasteiger partial charge < -0.3 is 19.2 Å². The van der Waals surface area contributed by atoms with Crippen molar-refractivity contribution in [3.05, 3.63) is 78.4 Å². The highest BCUT2D eigenvalue weighted by molar-refractivity contribution is 8.14. The summed E-state index contributed by atoms with van der Waals surface area (Å²) < 4.78 is 40.2. The minimum atomic E-state index is -2.97. The Kier molecular flexibility index (Phi) is 8.01. The molecule has 0 saturated carbocycles. The average molecular weight is 514 g/mol. The van der Waals surface area contributed by atoms with Crippen LogP contribution in [-0.4, -0.2) is 36.0 Å². The molecule has 0 unspecified atom stereocenters. The van der Waals surface area contributed by atoms with Crippen molar-refractivity contribution in [3.63, 3.8) is 0 Å². The molecule has 8 nitrogen and oxygen atoms in total. The van der Waals surface area contributed by atoms with Crippen LogP contribution in [0.1, 0.15) is 12.7 Å². The van der Waals surface area contributed by atoms with Crippen LogP contribution in [0.15, 0.2) is 82.0 Å². The molecule has 4 rings (SSSR count). The van der Waals surface area contributed by atoms with Crippen molar-refractivity contribution in [2.75, 3.05) is 22.6 Å². The molecule has 0 spiro atoms. The van der Waals surface area contributed by atoms with E-state index in [1.807, 2.05) is 6.92 Å². The Morgan fingerprint density at radius 1 is 1.17 bits per heavy atom. The van der Waals surface area contributed by atoms with Crippen LogP contribution in [0.5, 0.6) is 11.5 Å². The van der Waals surface area contributed by atoms with Crippen LogP contribution in [0.3, 0.4) is 0 Å². The van der Waals surface area contributed by atoms with E-state index in [0.29, 0.717) is 29.5 Å². The molecule has 0 atom stereocenters. The molecule has 1 N–H and O–H groups in total. The highest BCUT2D eigenvalue weighted by Gasteiger charge is 2.32. The fourth-order valence-electron chi connectivity index (χ4n) is 3.27. The van der Waals surface area contributed by atoms with Crippen LogP contribution >= 0.6 is 11.8 Å². The van der Waals surface area contributed by atoms with Gasteiger partial charge in [-0.1, -0.05) is 23.9 Å². The van der Waals surface area contributed by atoms with Gasteiger partial charge in [0.15, 0.2) is 5.17 Å². The fraction of sp³-hybridized carbons (Fsp3) is 0.160. The highest BCUT2D eigenvalue weighted by Crippen LogP contribution is 2.31. The number of halogens is 2. The second-order valence-corrected chi connectivity index (χ2v) is 8.16. The van der Waals surface area contributed by atoms with Crippen molar-refractivity contribution in [1.82, 2.24) is 0 Å². The molecule has 186 valence electrons. The van der Waals surface area contributed by atoms with E-state index in [-0.39, 0.29) is 28.3 Å². The standard InChI is InChI=1S/C25H21F2N3O5S/c1-2-33-21-8-4-3-7-19(21)28-22(31)15-36-25-29-20(14-18-6-5-13-34-18)23(32)30(25)16-9-11-17(12-10-16)35-24(26)27/h3-14,24H,2,15H2,1H3,(H,28,31). The van der Waals surface area contributed by atoms with Crippen LogP contribution in [0.2, 0.25) is 0 Å².